The Balaban J connectivity index is 2.07. The smallest absolute Gasteiger partial charge is 0.316 e. The summed E-state index contributed by atoms with van der Waals surface area (Å²) in [5.74, 6) is -1.67. The molecule has 1 aromatic rings. The van der Waals surface area contributed by atoms with E-state index < -0.39 is 11.9 Å². The number of methoxy groups -OCH3 is 2. The Labute approximate surface area is 146 Å². The van der Waals surface area contributed by atoms with Gasteiger partial charge in [-0.1, -0.05) is 19.1 Å². The van der Waals surface area contributed by atoms with E-state index >= 15 is 0 Å². The third-order valence-electron chi connectivity index (χ3n) is 4.95. The van der Waals surface area contributed by atoms with E-state index in [-0.39, 0.29) is 29.9 Å². The number of carbonyl (C=O) groups is 3. The van der Waals surface area contributed by atoms with Gasteiger partial charge in [-0.3, -0.25) is 14.4 Å². The fraction of sp³-hybridized carbons (Fsp3) is 0.421. The third kappa shape index (κ3) is 3.04. The van der Waals surface area contributed by atoms with Gasteiger partial charge in [0.05, 0.1) is 14.2 Å². The van der Waals surface area contributed by atoms with E-state index in [9.17, 15) is 14.4 Å². The van der Waals surface area contributed by atoms with Crippen LogP contribution in [0, 0.1) is 11.8 Å². The van der Waals surface area contributed by atoms with Crippen LogP contribution in [0.15, 0.2) is 35.5 Å². The number of carbonyl (C=O) groups excluding carboxylic acids is 3. The molecule has 6 heteroatoms. The van der Waals surface area contributed by atoms with Crippen LogP contribution in [0.2, 0.25) is 0 Å². The average Bonchev–Trinajstić information content (AvgIpc) is 2.60. The summed E-state index contributed by atoms with van der Waals surface area (Å²) in [4.78, 5) is 37.3. The van der Waals surface area contributed by atoms with Gasteiger partial charge in [0.1, 0.15) is 11.7 Å². The van der Waals surface area contributed by atoms with Gasteiger partial charge < -0.3 is 14.8 Å². The number of allylic oxidation sites excluding steroid dienone is 2. The van der Waals surface area contributed by atoms with Gasteiger partial charge in [0.15, 0.2) is 5.78 Å². The van der Waals surface area contributed by atoms with Crippen molar-refractivity contribution in [3.05, 3.63) is 41.1 Å². The number of ether oxygens (including phenoxy) is 2. The first kappa shape index (κ1) is 17.2. The molecule has 0 unspecified atom stereocenters. The Bertz CT molecular complexity index is 767. The molecule has 3 rings (SSSR count). The highest BCUT2D eigenvalue weighted by atomic mass is 16.5. The molecule has 25 heavy (non-hydrogen) atoms. The molecule has 0 saturated heterocycles. The Morgan fingerprint density at radius 3 is 2.64 bits per heavy atom. The predicted molar refractivity (Wildman–Crippen MR) is 89.8 cm³/mol. The molecule has 0 radical (unpaired) electrons. The van der Waals surface area contributed by atoms with Crippen LogP contribution in [0.5, 0.6) is 5.75 Å². The molecule has 1 aliphatic carbocycles. The van der Waals surface area contributed by atoms with E-state index in [2.05, 4.69) is 5.32 Å². The molecule has 0 fully saturated rings. The van der Waals surface area contributed by atoms with Crippen molar-refractivity contribution in [2.75, 3.05) is 14.2 Å². The molecular formula is C19H21NO5. The summed E-state index contributed by atoms with van der Waals surface area (Å²) in [6, 6.07) is 7.33. The van der Waals surface area contributed by atoms with E-state index in [4.69, 9.17) is 9.47 Å². The predicted octanol–water partition coefficient (Wildman–Crippen LogP) is 1.95. The average molecular weight is 343 g/mol. The summed E-state index contributed by atoms with van der Waals surface area (Å²) in [5, 5.41) is 2.82. The lowest BCUT2D eigenvalue weighted by molar-refractivity contribution is -0.151. The topological polar surface area (TPSA) is 81.7 Å². The number of ketones is 1. The zero-order chi connectivity index (χ0) is 18.1. The second kappa shape index (κ2) is 6.70. The summed E-state index contributed by atoms with van der Waals surface area (Å²) in [7, 11) is 2.85. The zero-order valence-corrected chi connectivity index (χ0v) is 14.5. The van der Waals surface area contributed by atoms with Gasteiger partial charge in [-0.2, -0.15) is 0 Å². The van der Waals surface area contributed by atoms with Crippen molar-refractivity contribution in [3.8, 4) is 5.75 Å². The molecule has 6 nitrogen and oxygen atoms in total. The van der Waals surface area contributed by atoms with Gasteiger partial charge in [0.25, 0.3) is 0 Å². The molecule has 2 aliphatic rings. The van der Waals surface area contributed by atoms with Gasteiger partial charge in [-0.05, 0) is 30.0 Å². The van der Waals surface area contributed by atoms with Crippen molar-refractivity contribution in [3.63, 3.8) is 0 Å². The maximum Gasteiger partial charge on any atom is 0.316 e. The molecule has 1 amide bonds. The van der Waals surface area contributed by atoms with Crippen LogP contribution in [-0.4, -0.2) is 31.9 Å². The molecule has 0 saturated carbocycles. The van der Waals surface area contributed by atoms with Gasteiger partial charge in [0, 0.05) is 23.6 Å². The van der Waals surface area contributed by atoms with E-state index in [1.807, 2.05) is 31.2 Å². The number of Topliss-reactive ketones (excluding diaryl/α,β-unsaturated/α-hetero) is 1. The fourth-order valence-electron chi connectivity index (χ4n) is 3.74. The van der Waals surface area contributed by atoms with Crippen molar-refractivity contribution in [2.24, 2.45) is 11.8 Å². The summed E-state index contributed by atoms with van der Waals surface area (Å²) >= 11 is 0. The van der Waals surface area contributed by atoms with Crippen molar-refractivity contribution in [1.82, 2.24) is 5.32 Å². The fourth-order valence-corrected chi connectivity index (χ4v) is 3.74. The molecule has 132 valence electrons. The molecule has 1 aliphatic heterocycles. The monoisotopic (exact) mass is 343 g/mol. The number of esters is 1. The van der Waals surface area contributed by atoms with Crippen molar-refractivity contribution in [2.45, 2.75) is 25.7 Å². The van der Waals surface area contributed by atoms with Crippen molar-refractivity contribution in [1.29, 1.82) is 0 Å². The summed E-state index contributed by atoms with van der Waals surface area (Å²) in [6.07, 6.45) is 0.632. The maximum atomic E-state index is 13.1. The second-order valence-electron chi connectivity index (χ2n) is 6.52. The van der Waals surface area contributed by atoms with Crippen LogP contribution in [0.25, 0.3) is 0 Å². The molecule has 3 atom stereocenters. The SMILES string of the molecule is COC(=O)[C@H]1C(=O)C2=C(C[C@H]1C)NC(=O)C[C@H]2c1cccc(OC)c1. The minimum absolute atomic E-state index is 0.122. The van der Waals surface area contributed by atoms with Crippen LogP contribution in [0.4, 0.5) is 0 Å². The van der Waals surface area contributed by atoms with Crippen LogP contribution in [0.1, 0.15) is 31.2 Å². The molecular weight excluding hydrogens is 322 g/mol. The quantitative estimate of drug-likeness (QED) is 0.670. The number of nitrogens with one attached hydrogen (secondary N) is 1. The molecule has 0 spiro atoms. The minimum atomic E-state index is -0.827. The maximum absolute atomic E-state index is 13.1. The third-order valence-corrected chi connectivity index (χ3v) is 4.95. The molecule has 0 aromatic heterocycles. The first-order valence-electron chi connectivity index (χ1n) is 8.25. The number of rotatable bonds is 3. The largest absolute Gasteiger partial charge is 0.497 e. The van der Waals surface area contributed by atoms with E-state index in [1.54, 1.807) is 7.11 Å². The summed E-state index contributed by atoms with van der Waals surface area (Å²) in [6.45, 7) is 1.82. The Morgan fingerprint density at radius 2 is 1.96 bits per heavy atom. The van der Waals surface area contributed by atoms with Gasteiger partial charge in [0.2, 0.25) is 5.91 Å². The van der Waals surface area contributed by atoms with E-state index in [0.717, 1.165) is 5.56 Å². The molecule has 1 aromatic carbocycles. The lowest BCUT2D eigenvalue weighted by Crippen LogP contribution is -2.44. The van der Waals surface area contributed by atoms with Gasteiger partial charge >= 0.3 is 5.97 Å². The van der Waals surface area contributed by atoms with Crippen molar-refractivity contribution >= 4 is 17.7 Å². The van der Waals surface area contributed by atoms with Crippen molar-refractivity contribution < 1.29 is 23.9 Å². The van der Waals surface area contributed by atoms with Crippen LogP contribution in [0.3, 0.4) is 0 Å². The van der Waals surface area contributed by atoms with Crippen LogP contribution < -0.4 is 10.1 Å². The minimum Gasteiger partial charge on any atom is -0.497 e. The first-order valence-corrected chi connectivity index (χ1v) is 8.25. The molecule has 0 bridgehead atoms. The van der Waals surface area contributed by atoms with Gasteiger partial charge in [-0.15, -0.1) is 0 Å². The Hall–Kier alpha value is -2.63. The highest BCUT2D eigenvalue weighted by Crippen LogP contribution is 2.42. The first-order chi connectivity index (χ1) is 12.0. The summed E-state index contributed by atoms with van der Waals surface area (Å²) < 4.78 is 10.1. The number of hydrogen-bond acceptors (Lipinski definition) is 5. The lowest BCUT2D eigenvalue weighted by atomic mass is 9.70. The Kier molecular flexibility index (Phi) is 4.61. The number of amides is 1. The lowest BCUT2D eigenvalue weighted by Gasteiger charge is -2.36. The second-order valence-corrected chi connectivity index (χ2v) is 6.52. The standard InChI is InChI=1S/C19H21NO5/c1-10-7-14-17(18(22)16(10)19(23)25-3)13(9-15(21)20-14)11-5-4-6-12(8-11)24-2/h4-6,8,10,13,16H,7,9H2,1-3H3,(H,20,21)/t10-,13+,16-/m1/s1. The highest BCUT2D eigenvalue weighted by molar-refractivity contribution is 6.11. The molecule has 1 N–H and O–H groups in total. The Morgan fingerprint density at radius 1 is 1.20 bits per heavy atom. The molecule has 1 heterocycles. The van der Waals surface area contributed by atoms with Crippen LogP contribution >= 0.6 is 0 Å². The van der Waals surface area contributed by atoms with E-state index in [1.165, 1.54) is 7.11 Å². The normalized spacial score (nSPS) is 26.0. The highest BCUT2D eigenvalue weighted by Gasteiger charge is 2.45. The van der Waals surface area contributed by atoms with Crippen LogP contribution in [-0.2, 0) is 19.1 Å². The van der Waals surface area contributed by atoms with E-state index in [0.29, 0.717) is 23.4 Å². The number of benzene rings is 1. The van der Waals surface area contributed by atoms with Gasteiger partial charge in [-0.25, -0.2) is 0 Å². The number of hydrogen-bond donors (Lipinski definition) is 1. The zero-order valence-electron chi connectivity index (χ0n) is 14.5. The summed E-state index contributed by atoms with van der Waals surface area (Å²) in [5.41, 5.74) is 1.97.